The smallest absolute Gasteiger partial charge is 0.0300 e. The molecule has 0 aromatic heterocycles. The van der Waals surface area contributed by atoms with Crippen LogP contribution in [0, 0.1) is 5.92 Å². The summed E-state index contributed by atoms with van der Waals surface area (Å²) in [5.41, 5.74) is 1.53. The molecule has 0 saturated carbocycles. The van der Waals surface area contributed by atoms with Gasteiger partial charge in [-0.1, -0.05) is 32.4 Å². The van der Waals surface area contributed by atoms with Crippen molar-refractivity contribution < 1.29 is 0 Å². The van der Waals surface area contributed by atoms with Gasteiger partial charge in [-0.2, -0.15) is 0 Å². The molecule has 0 unspecified atom stereocenters. The molecular weight excluding hydrogens is 108 g/mol. The summed E-state index contributed by atoms with van der Waals surface area (Å²) < 4.78 is 0. The van der Waals surface area contributed by atoms with Gasteiger partial charge >= 0.3 is 0 Å². The van der Waals surface area contributed by atoms with Gasteiger partial charge in [0.05, 0.1) is 0 Å². The third-order valence-electron chi connectivity index (χ3n) is 1.28. The van der Waals surface area contributed by atoms with Gasteiger partial charge in [0.1, 0.15) is 0 Å². The third kappa shape index (κ3) is 5.61. The summed E-state index contributed by atoms with van der Waals surface area (Å²) in [5, 5.41) is 0. The van der Waals surface area contributed by atoms with E-state index in [0.29, 0.717) is 0 Å². The predicted octanol–water partition coefficient (Wildman–Crippen LogP) is 3.39. The Morgan fingerprint density at radius 2 is 2.00 bits per heavy atom. The molecule has 9 heavy (non-hydrogen) atoms. The lowest BCUT2D eigenvalue weighted by Crippen LogP contribution is -1.87. The highest BCUT2D eigenvalue weighted by Crippen LogP contribution is 2.09. The van der Waals surface area contributed by atoms with Crippen LogP contribution in [0.3, 0.4) is 0 Å². The highest BCUT2D eigenvalue weighted by molar-refractivity contribution is 4.97. The van der Waals surface area contributed by atoms with Crippen LogP contribution in [0.25, 0.3) is 0 Å². The van der Waals surface area contributed by atoms with Crippen molar-refractivity contribution in [3.05, 3.63) is 11.6 Å². The Hall–Kier alpha value is -0.260. The molecule has 0 amide bonds. The number of hydrogen-bond acceptors (Lipinski definition) is 0. The summed E-state index contributed by atoms with van der Waals surface area (Å²) >= 11 is 0. The van der Waals surface area contributed by atoms with Gasteiger partial charge in [-0.25, -0.2) is 0 Å². The monoisotopic (exact) mass is 126 g/mol. The first kappa shape index (κ1) is 8.74. The van der Waals surface area contributed by atoms with Crippen molar-refractivity contribution >= 4 is 0 Å². The molecule has 0 radical (unpaired) electrons. The van der Waals surface area contributed by atoms with E-state index < -0.39 is 0 Å². The molecule has 0 heterocycles. The van der Waals surface area contributed by atoms with E-state index in [1.54, 1.807) is 0 Å². The lowest BCUT2D eigenvalue weighted by molar-refractivity contribution is 0.640. The second-order valence-corrected chi connectivity index (χ2v) is 3.06. The fourth-order valence-electron chi connectivity index (χ4n) is 1.08. The van der Waals surface area contributed by atoms with E-state index in [1.807, 2.05) is 0 Å². The van der Waals surface area contributed by atoms with Crippen LogP contribution in [-0.4, -0.2) is 0 Å². The average Bonchev–Trinajstić information content (AvgIpc) is 1.63. The molecule has 0 spiro atoms. The Labute approximate surface area is 59.0 Å². The quantitative estimate of drug-likeness (QED) is 0.508. The minimum atomic E-state index is 0.813. The van der Waals surface area contributed by atoms with Crippen LogP contribution in [0.2, 0.25) is 0 Å². The highest BCUT2D eigenvalue weighted by atomic mass is 14.0. The molecular formula is C9H18. The molecule has 0 saturated heterocycles. The zero-order valence-electron chi connectivity index (χ0n) is 7.07. The SMILES string of the molecule is CCC=C(C)CC(C)C. The molecule has 0 nitrogen and oxygen atoms in total. The fraction of sp³-hybridized carbons (Fsp3) is 0.778. The molecule has 0 bridgehead atoms. The molecule has 0 N–H and O–H groups in total. The highest BCUT2D eigenvalue weighted by Gasteiger charge is 1.92. The van der Waals surface area contributed by atoms with Crippen LogP contribution in [0.5, 0.6) is 0 Å². The van der Waals surface area contributed by atoms with Crippen molar-refractivity contribution in [1.82, 2.24) is 0 Å². The average molecular weight is 126 g/mol. The normalized spacial score (nSPS) is 12.8. The van der Waals surface area contributed by atoms with Crippen LogP contribution in [0.4, 0.5) is 0 Å². The topological polar surface area (TPSA) is 0 Å². The van der Waals surface area contributed by atoms with Gasteiger partial charge in [0, 0.05) is 0 Å². The summed E-state index contributed by atoms with van der Waals surface area (Å²) in [6.07, 6.45) is 4.74. The third-order valence-corrected chi connectivity index (χ3v) is 1.28. The zero-order valence-corrected chi connectivity index (χ0v) is 7.07. The number of hydrogen-bond donors (Lipinski definition) is 0. The van der Waals surface area contributed by atoms with Gasteiger partial charge in [0.25, 0.3) is 0 Å². The second-order valence-electron chi connectivity index (χ2n) is 3.06. The first-order valence-electron chi connectivity index (χ1n) is 3.82. The summed E-state index contributed by atoms with van der Waals surface area (Å²) in [6.45, 7) is 8.91. The maximum absolute atomic E-state index is 2.31. The molecule has 0 aromatic carbocycles. The van der Waals surface area contributed by atoms with Gasteiger partial charge in [0.15, 0.2) is 0 Å². The van der Waals surface area contributed by atoms with E-state index in [0.717, 1.165) is 5.92 Å². The van der Waals surface area contributed by atoms with Crippen LogP contribution in [-0.2, 0) is 0 Å². The van der Waals surface area contributed by atoms with E-state index in [-0.39, 0.29) is 0 Å². The van der Waals surface area contributed by atoms with Gasteiger partial charge in [-0.3, -0.25) is 0 Å². The molecule has 0 atom stereocenters. The van der Waals surface area contributed by atoms with Crippen LogP contribution in [0.15, 0.2) is 11.6 Å². The minimum absolute atomic E-state index is 0.813. The summed E-state index contributed by atoms with van der Waals surface area (Å²) in [4.78, 5) is 0. The molecule has 0 aliphatic rings. The summed E-state index contributed by atoms with van der Waals surface area (Å²) in [6, 6.07) is 0. The van der Waals surface area contributed by atoms with E-state index in [2.05, 4.69) is 33.8 Å². The second kappa shape index (κ2) is 4.60. The number of rotatable bonds is 3. The van der Waals surface area contributed by atoms with Crippen molar-refractivity contribution in [1.29, 1.82) is 0 Å². The van der Waals surface area contributed by atoms with Crippen LogP contribution in [0.1, 0.15) is 40.5 Å². The van der Waals surface area contributed by atoms with Crippen molar-refractivity contribution in [3.8, 4) is 0 Å². The largest absolute Gasteiger partial charge is 0.0859 e. The number of allylic oxidation sites excluding steroid dienone is 2. The van der Waals surface area contributed by atoms with E-state index in [9.17, 15) is 0 Å². The molecule has 0 aliphatic heterocycles. The Kier molecular flexibility index (Phi) is 4.47. The summed E-state index contributed by atoms with van der Waals surface area (Å²) in [7, 11) is 0. The Morgan fingerprint density at radius 3 is 2.33 bits per heavy atom. The van der Waals surface area contributed by atoms with Gasteiger partial charge < -0.3 is 0 Å². The Balaban J connectivity index is 3.49. The molecule has 0 aliphatic carbocycles. The summed E-state index contributed by atoms with van der Waals surface area (Å²) in [5.74, 6) is 0.813. The van der Waals surface area contributed by atoms with Crippen molar-refractivity contribution in [3.63, 3.8) is 0 Å². The molecule has 0 fully saturated rings. The molecule has 0 aromatic rings. The predicted molar refractivity (Wildman–Crippen MR) is 43.5 cm³/mol. The Morgan fingerprint density at radius 1 is 1.44 bits per heavy atom. The van der Waals surface area contributed by atoms with Crippen molar-refractivity contribution in [2.45, 2.75) is 40.5 Å². The fourth-order valence-corrected chi connectivity index (χ4v) is 1.08. The Bertz CT molecular complexity index is 88.2. The van der Waals surface area contributed by atoms with Gasteiger partial charge in [0.2, 0.25) is 0 Å². The maximum Gasteiger partial charge on any atom is -0.0300 e. The van der Waals surface area contributed by atoms with Crippen LogP contribution < -0.4 is 0 Å². The van der Waals surface area contributed by atoms with E-state index in [1.165, 1.54) is 18.4 Å². The van der Waals surface area contributed by atoms with Crippen molar-refractivity contribution in [2.24, 2.45) is 5.92 Å². The minimum Gasteiger partial charge on any atom is -0.0859 e. The van der Waals surface area contributed by atoms with Crippen LogP contribution >= 0.6 is 0 Å². The maximum atomic E-state index is 2.31. The zero-order chi connectivity index (χ0) is 7.28. The molecule has 54 valence electrons. The standard InChI is InChI=1S/C9H18/c1-5-6-9(4)7-8(2)3/h6,8H,5,7H2,1-4H3. The molecule has 0 rings (SSSR count). The van der Waals surface area contributed by atoms with E-state index >= 15 is 0 Å². The lowest BCUT2D eigenvalue weighted by Gasteiger charge is -2.02. The van der Waals surface area contributed by atoms with E-state index in [4.69, 9.17) is 0 Å². The first-order chi connectivity index (χ1) is 4.16. The first-order valence-corrected chi connectivity index (χ1v) is 3.82. The van der Waals surface area contributed by atoms with Crippen molar-refractivity contribution in [2.75, 3.05) is 0 Å². The lowest BCUT2D eigenvalue weighted by atomic mass is 10.0. The van der Waals surface area contributed by atoms with Gasteiger partial charge in [-0.15, -0.1) is 0 Å². The molecule has 0 heteroatoms. The van der Waals surface area contributed by atoms with Gasteiger partial charge in [-0.05, 0) is 25.7 Å².